The number of halogens is 1. The molecule has 1 saturated heterocycles. The number of primary amides is 1. The molecular weight excluding hydrogens is 565 g/mol. The van der Waals surface area contributed by atoms with Crippen LogP contribution in [0.5, 0.6) is 5.75 Å². The summed E-state index contributed by atoms with van der Waals surface area (Å²) in [5, 5.41) is 25.2. The van der Waals surface area contributed by atoms with Crippen LogP contribution in [0.4, 0.5) is 10.1 Å². The van der Waals surface area contributed by atoms with Crippen molar-refractivity contribution >= 4 is 40.6 Å². The van der Waals surface area contributed by atoms with Crippen molar-refractivity contribution in [1.82, 2.24) is 14.7 Å². The van der Waals surface area contributed by atoms with Crippen molar-refractivity contribution in [2.45, 2.75) is 36.9 Å². The first-order valence-electron chi connectivity index (χ1n) is 14.2. The van der Waals surface area contributed by atoms with Crippen LogP contribution in [0.3, 0.4) is 0 Å². The van der Waals surface area contributed by atoms with Crippen LogP contribution in [-0.4, -0.2) is 125 Å². The van der Waals surface area contributed by atoms with E-state index >= 15 is 4.39 Å². The van der Waals surface area contributed by atoms with E-state index in [4.69, 9.17) is 5.73 Å². The van der Waals surface area contributed by atoms with Crippen LogP contribution in [0, 0.1) is 29.5 Å². The summed E-state index contributed by atoms with van der Waals surface area (Å²) in [6.07, 6.45) is 0.467. The molecule has 4 aliphatic rings. The van der Waals surface area contributed by atoms with E-state index in [0.29, 0.717) is 13.1 Å². The number of amides is 2. The second kappa shape index (κ2) is 10.8. The number of carbonyl (C=O) groups is 6. The fourth-order valence-corrected chi connectivity index (χ4v) is 7.49. The lowest BCUT2D eigenvalue weighted by molar-refractivity contribution is -0.181. The van der Waals surface area contributed by atoms with Gasteiger partial charge in [0.2, 0.25) is 11.8 Å². The molecule has 14 heteroatoms. The fraction of sp³-hybridized carbons (Fsp3) is 0.586. The standard InChI is InChI=1S/C29H36FN5O8/c1-33(2)13-5-6-35(10-13)11-18(36)32-17-9-16(30)14-7-12-8-15-22(34(3)4)25(39)21(28(31)42)27(41)29(15,43)26(40)19(12)24(38)20(14)23(17)37/h9,12-13,15,19,21-22,37,43H,5-8,10-11H2,1-4H3,(H2,31,42)(H,32,36)/t12-,13-,15-,19?,21?,22-,29-/m0/s1. The minimum Gasteiger partial charge on any atom is -0.505 e. The van der Waals surface area contributed by atoms with Gasteiger partial charge in [-0.3, -0.25) is 38.6 Å². The molecule has 13 nitrogen and oxygen atoms in total. The summed E-state index contributed by atoms with van der Waals surface area (Å²) >= 11 is 0. The van der Waals surface area contributed by atoms with Crippen LogP contribution >= 0.6 is 0 Å². The molecular formula is C29H36FN5O8. The van der Waals surface area contributed by atoms with Crippen LogP contribution < -0.4 is 11.1 Å². The largest absolute Gasteiger partial charge is 0.505 e. The molecule has 1 heterocycles. The first-order valence-corrected chi connectivity index (χ1v) is 14.2. The molecule has 3 aliphatic carbocycles. The van der Waals surface area contributed by atoms with Gasteiger partial charge in [0, 0.05) is 36.7 Å². The molecule has 0 aromatic heterocycles. The molecule has 0 radical (unpaired) electrons. The van der Waals surface area contributed by atoms with Crippen molar-refractivity contribution in [3.8, 4) is 5.75 Å². The Bertz CT molecular complexity index is 1450. The van der Waals surface area contributed by atoms with Crippen LogP contribution in [0.2, 0.25) is 0 Å². The Kier molecular flexibility index (Phi) is 7.78. The molecule has 0 bridgehead atoms. The zero-order chi connectivity index (χ0) is 31.7. The van der Waals surface area contributed by atoms with Crippen molar-refractivity contribution in [2.24, 2.45) is 29.4 Å². The molecule has 2 saturated carbocycles. The average Bonchev–Trinajstić information content (AvgIpc) is 3.37. The number of nitrogens with one attached hydrogen (secondary N) is 1. The van der Waals surface area contributed by atoms with E-state index in [9.17, 15) is 39.0 Å². The number of phenolic OH excluding ortho intramolecular Hbond substituents is 1. The van der Waals surface area contributed by atoms with E-state index in [1.807, 2.05) is 19.0 Å². The van der Waals surface area contributed by atoms with Gasteiger partial charge in [-0.1, -0.05) is 0 Å². The Hall–Kier alpha value is -3.59. The normalized spacial score (nSPS) is 32.6. The molecule has 5 rings (SSSR count). The van der Waals surface area contributed by atoms with E-state index < -0.39 is 87.4 Å². The van der Waals surface area contributed by atoms with Gasteiger partial charge in [0.25, 0.3) is 0 Å². The Morgan fingerprint density at radius 1 is 1.14 bits per heavy atom. The molecule has 232 valence electrons. The van der Waals surface area contributed by atoms with Gasteiger partial charge in [0.05, 0.1) is 29.8 Å². The number of benzene rings is 1. The molecule has 2 unspecified atom stereocenters. The van der Waals surface area contributed by atoms with Crippen molar-refractivity contribution in [1.29, 1.82) is 0 Å². The molecule has 1 aliphatic heterocycles. The Morgan fingerprint density at radius 3 is 2.40 bits per heavy atom. The summed E-state index contributed by atoms with van der Waals surface area (Å²) in [6.45, 7) is 1.29. The van der Waals surface area contributed by atoms with E-state index in [2.05, 4.69) is 10.2 Å². The molecule has 5 N–H and O–H groups in total. The van der Waals surface area contributed by atoms with Crippen LogP contribution in [0.1, 0.15) is 28.8 Å². The first-order chi connectivity index (χ1) is 20.1. The number of hydrogen-bond donors (Lipinski definition) is 4. The van der Waals surface area contributed by atoms with Gasteiger partial charge in [0.15, 0.2) is 34.7 Å². The Labute approximate surface area is 247 Å². The van der Waals surface area contributed by atoms with E-state index in [1.54, 1.807) is 0 Å². The number of rotatable bonds is 6. The number of nitrogens with two attached hydrogens (primary N) is 1. The number of phenols is 1. The summed E-state index contributed by atoms with van der Waals surface area (Å²) in [6, 6.07) is -0.0574. The number of likely N-dealkylation sites (N-methyl/N-ethyl adjacent to an activating group) is 2. The minimum absolute atomic E-state index is 0.0249. The highest BCUT2D eigenvalue weighted by Crippen LogP contribution is 2.51. The van der Waals surface area contributed by atoms with Gasteiger partial charge >= 0.3 is 0 Å². The number of aromatic hydroxyl groups is 1. The predicted molar refractivity (Wildman–Crippen MR) is 148 cm³/mol. The van der Waals surface area contributed by atoms with Crippen molar-refractivity contribution in [3.05, 3.63) is 23.0 Å². The Balaban J connectivity index is 1.47. The molecule has 0 spiro atoms. The summed E-state index contributed by atoms with van der Waals surface area (Å²) in [5.74, 6) is -13.9. The number of anilines is 1. The predicted octanol–water partition coefficient (Wildman–Crippen LogP) is -1.42. The Morgan fingerprint density at radius 2 is 1.81 bits per heavy atom. The lowest BCUT2D eigenvalue weighted by Crippen LogP contribution is -2.74. The maximum Gasteiger partial charge on any atom is 0.238 e. The number of likely N-dealkylation sites (tertiary alicyclic amines) is 1. The smallest absolute Gasteiger partial charge is 0.238 e. The average molecular weight is 602 g/mol. The molecule has 2 amide bonds. The highest BCUT2D eigenvalue weighted by Gasteiger charge is 2.69. The first kappa shape index (κ1) is 30.9. The van der Waals surface area contributed by atoms with E-state index in [0.717, 1.165) is 12.5 Å². The second-order valence-electron chi connectivity index (χ2n) is 12.6. The zero-order valence-electron chi connectivity index (χ0n) is 24.4. The van der Waals surface area contributed by atoms with Gasteiger partial charge in [-0.2, -0.15) is 0 Å². The molecule has 1 aromatic carbocycles. The highest BCUT2D eigenvalue weighted by molar-refractivity contribution is 6.32. The lowest BCUT2D eigenvalue weighted by atomic mass is 9.52. The third kappa shape index (κ3) is 4.76. The van der Waals surface area contributed by atoms with Gasteiger partial charge in [-0.05, 0) is 53.4 Å². The van der Waals surface area contributed by atoms with Crippen molar-refractivity contribution in [3.63, 3.8) is 0 Å². The van der Waals surface area contributed by atoms with E-state index in [1.165, 1.54) is 19.0 Å². The number of hydrogen-bond acceptors (Lipinski definition) is 11. The van der Waals surface area contributed by atoms with Crippen LogP contribution in [0.15, 0.2) is 6.07 Å². The minimum atomic E-state index is -2.88. The van der Waals surface area contributed by atoms with E-state index in [-0.39, 0.29) is 36.7 Å². The maximum absolute atomic E-state index is 15.5. The van der Waals surface area contributed by atoms with Crippen LogP contribution in [-0.2, 0) is 30.4 Å². The number of aliphatic hydroxyl groups is 1. The van der Waals surface area contributed by atoms with Gasteiger partial charge in [-0.25, -0.2) is 4.39 Å². The number of nitrogens with zero attached hydrogens (tertiary/aromatic N) is 3. The SMILES string of the molecule is CN(C)[C@H]1CCN(CC(=O)Nc2cc(F)c3c(c2O)C(=O)C2C(=O)[C@]4(O)C(=O)C(C(N)=O)C(=O)[C@@H](N(C)C)[C@@H]4C[C@@H]2C3)C1. The summed E-state index contributed by atoms with van der Waals surface area (Å²) in [7, 11) is 6.85. The second-order valence-corrected chi connectivity index (χ2v) is 12.6. The number of ketones is 4. The quantitative estimate of drug-likeness (QED) is 0.221. The molecule has 3 fully saturated rings. The number of fused-ring (bicyclic) bond motifs is 3. The maximum atomic E-state index is 15.5. The highest BCUT2D eigenvalue weighted by atomic mass is 19.1. The molecule has 1 aromatic rings. The lowest BCUT2D eigenvalue weighted by Gasteiger charge is -2.52. The number of carbonyl (C=O) groups excluding carboxylic acids is 6. The summed E-state index contributed by atoms with van der Waals surface area (Å²) in [5.41, 5.74) is 1.41. The van der Waals surface area contributed by atoms with Gasteiger partial charge in [-0.15, -0.1) is 0 Å². The zero-order valence-corrected chi connectivity index (χ0v) is 24.4. The third-order valence-corrected chi connectivity index (χ3v) is 9.63. The third-order valence-electron chi connectivity index (χ3n) is 9.63. The van der Waals surface area contributed by atoms with Crippen molar-refractivity contribution < 1.29 is 43.4 Å². The van der Waals surface area contributed by atoms with Crippen molar-refractivity contribution in [2.75, 3.05) is 53.1 Å². The molecule has 43 heavy (non-hydrogen) atoms. The van der Waals surface area contributed by atoms with Gasteiger partial charge in [0.1, 0.15) is 11.6 Å². The molecule has 7 atom stereocenters. The topological polar surface area (TPSA) is 191 Å². The van der Waals surface area contributed by atoms with Crippen LogP contribution in [0.25, 0.3) is 0 Å². The summed E-state index contributed by atoms with van der Waals surface area (Å²) in [4.78, 5) is 84.4. The monoisotopic (exact) mass is 601 g/mol. The number of Topliss-reactive ketones (excluding diaryl/α,β-unsaturated/α-hetero) is 4. The summed E-state index contributed by atoms with van der Waals surface area (Å²) < 4.78 is 15.5. The fourth-order valence-electron chi connectivity index (χ4n) is 7.49. The van der Waals surface area contributed by atoms with Gasteiger partial charge < -0.3 is 26.2 Å².